The molecule has 168 valence electrons. The highest BCUT2D eigenvalue weighted by molar-refractivity contribution is 5.79. The van der Waals surface area contributed by atoms with Crippen molar-refractivity contribution in [3.63, 3.8) is 0 Å². The van der Waals surface area contributed by atoms with E-state index in [-0.39, 0.29) is 24.3 Å². The summed E-state index contributed by atoms with van der Waals surface area (Å²) in [7, 11) is 0. The fourth-order valence-electron chi connectivity index (χ4n) is 4.04. The number of hydrogen-bond acceptors (Lipinski definition) is 4. The van der Waals surface area contributed by atoms with Crippen LogP contribution >= 0.6 is 0 Å². The summed E-state index contributed by atoms with van der Waals surface area (Å²) in [6.45, 7) is 5.40. The zero-order valence-electron chi connectivity index (χ0n) is 17.9. The van der Waals surface area contributed by atoms with Gasteiger partial charge < -0.3 is 4.74 Å². The van der Waals surface area contributed by atoms with Crippen molar-refractivity contribution in [3.8, 4) is 0 Å². The molecule has 31 heavy (non-hydrogen) atoms. The molecule has 5 nitrogen and oxygen atoms in total. The SMILES string of the molecule is CC(C)(C)OC(=O)C(c1ccc(Cn2nccc(C(F)(F)F)c2=O)cc1)C1CCCC1. The lowest BCUT2D eigenvalue weighted by atomic mass is 9.84. The van der Waals surface area contributed by atoms with Crippen LogP contribution in [0.5, 0.6) is 0 Å². The summed E-state index contributed by atoms with van der Waals surface area (Å²) < 4.78 is 45.3. The van der Waals surface area contributed by atoms with E-state index >= 15 is 0 Å². The predicted octanol–water partition coefficient (Wildman–Crippen LogP) is 4.93. The Morgan fingerprint density at radius 1 is 1.13 bits per heavy atom. The van der Waals surface area contributed by atoms with Gasteiger partial charge in [0.25, 0.3) is 5.56 Å². The summed E-state index contributed by atoms with van der Waals surface area (Å²) >= 11 is 0. The first kappa shape index (κ1) is 23.0. The second kappa shape index (κ2) is 8.85. The van der Waals surface area contributed by atoms with Crippen molar-refractivity contribution in [3.05, 3.63) is 63.6 Å². The van der Waals surface area contributed by atoms with E-state index in [9.17, 15) is 22.8 Å². The Kier molecular flexibility index (Phi) is 6.57. The summed E-state index contributed by atoms with van der Waals surface area (Å²) in [5.41, 5.74) is -1.59. The second-order valence-corrected chi connectivity index (χ2v) is 9.00. The largest absolute Gasteiger partial charge is 0.459 e. The molecule has 1 unspecified atom stereocenters. The molecule has 1 saturated carbocycles. The van der Waals surface area contributed by atoms with E-state index in [2.05, 4.69) is 5.10 Å². The third-order valence-electron chi connectivity index (χ3n) is 5.42. The molecule has 0 saturated heterocycles. The highest BCUT2D eigenvalue weighted by Gasteiger charge is 2.36. The third kappa shape index (κ3) is 5.74. The summed E-state index contributed by atoms with van der Waals surface area (Å²) in [6, 6.07) is 7.70. The van der Waals surface area contributed by atoms with Crippen LogP contribution in [0.1, 0.15) is 69.1 Å². The molecule has 1 aliphatic carbocycles. The van der Waals surface area contributed by atoms with Crippen LogP contribution in [0.2, 0.25) is 0 Å². The average molecular weight is 436 g/mol. The number of ether oxygens (including phenoxy) is 1. The molecule has 1 aromatic carbocycles. The first-order valence-corrected chi connectivity index (χ1v) is 10.4. The topological polar surface area (TPSA) is 61.2 Å². The zero-order chi connectivity index (χ0) is 22.8. The fraction of sp³-hybridized carbons (Fsp3) is 0.522. The van der Waals surface area contributed by atoms with E-state index in [0.29, 0.717) is 11.6 Å². The van der Waals surface area contributed by atoms with E-state index < -0.39 is 22.9 Å². The van der Waals surface area contributed by atoms with Crippen molar-refractivity contribution in [2.45, 2.75) is 70.7 Å². The van der Waals surface area contributed by atoms with Crippen LogP contribution in [0.3, 0.4) is 0 Å². The monoisotopic (exact) mass is 436 g/mol. The molecule has 8 heteroatoms. The number of alkyl halides is 3. The van der Waals surface area contributed by atoms with Gasteiger partial charge in [0.2, 0.25) is 0 Å². The molecule has 0 aliphatic heterocycles. The van der Waals surface area contributed by atoms with Crippen LogP contribution in [0.4, 0.5) is 13.2 Å². The van der Waals surface area contributed by atoms with Crippen molar-refractivity contribution in [2.24, 2.45) is 5.92 Å². The van der Waals surface area contributed by atoms with Crippen molar-refractivity contribution in [2.75, 3.05) is 0 Å². The Labute approximate surface area is 179 Å². The van der Waals surface area contributed by atoms with Crippen LogP contribution in [-0.2, 0) is 22.3 Å². The van der Waals surface area contributed by atoms with Gasteiger partial charge in [-0.3, -0.25) is 9.59 Å². The maximum Gasteiger partial charge on any atom is 0.421 e. The summed E-state index contributed by atoms with van der Waals surface area (Å²) in [5, 5.41) is 3.77. The molecule has 0 spiro atoms. The van der Waals surface area contributed by atoms with E-state index in [1.807, 2.05) is 20.8 Å². The normalized spacial score (nSPS) is 16.3. The van der Waals surface area contributed by atoms with E-state index in [4.69, 9.17) is 4.74 Å². The molecule has 1 fully saturated rings. The maximum absolute atomic E-state index is 13.0. The number of benzene rings is 1. The third-order valence-corrected chi connectivity index (χ3v) is 5.42. The number of rotatable bonds is 5. The molecule has 1 heterocycles. The number of carbonyl (C=O) groups excluding carboxylic acids is 1. The summed E-state index contributed by atoms with van der Waals surface area (Å²) in [6.07, 6.45) is 0.299. The molecule has 1 atom stereocenters. The number of halogens is 3. The Morgan fingerprint density at radius 3 is 2.29 bits per heavy atom. The minimum absolute atomic E-state index is 0.0937. The van der Waals surface area contributed by atoms with Gasteiger partial charge in [-0.1, -0.05) is 37.1 Å². The Bertz CT molecular complexity index is 969. The van der Waals surface area contributed by atoms with Gasteiger partial charge in [0.15, 0.2) is 0 Å². The van der Waals surface area contributed by atoms with Crippen LogP contribution in [-0.4, -0.2) is 21.4 Å². The average Bonchev–Trinajstić information content (AvgIpc) is 3.16. The molecule has 3 rings (SSSR count). The van der Waals surface area contributed by atoms with E-state index in [0.717, 1.165) is 42.1 Å². The minimum atomic E-state index is -4.73. The first-order chi connectivity index (χ1) is 14.5. The van der Waals surface area contributed by atoms with Crippen LogP contribution in [0.15, 0.2) is 41.3 Å². The highest BCUT2D eigenvalue weighted by Crippen LogP contribution is 2.39. The predicted molar refractivity (Wildman–Crippen MR) is 110 cm³/mol. The first-order valence-electron chi connectivity index (χ1n) is 10.4. The van der Waals surface area contributed by atoms with Gasteiger partial charge in [0, 0.05) is 6.20 Å². The Balaban J connectivity index is 1.84. The van der Waals surface area contributed by atoms with Gasteiger partial charge >= 0.3 is 12.1 Å². The molecular formula is C23H27F3N2O3. The van der Waals surface area contributed by atoms with Gasteiger partial charge in [0.1, 0.15) is 11.2 Å². The molecule has 1 aliphatic rings. The second-order valence-electron chi connectivity index (χ2n) is 9.00. The molecule has 0 bridgehead atoms. The Hall–Kier alpha value is -2.64. The maximum atomic E-state index is 13.0. The minimum Gasteiger partial charge on any atom is -0.459 e. The lowest BCUT2D eigenvalue weighted by Crippen LogP contribution is -2.31. The van der Waals surface area contributed by atoms with Crippen molar-refractivity contribution in [1.82, 2.24) is 9.78 Å². The van der Waals surface area contributed by atoms with Crippen LogP contribution < -0.4 is 5.56 Å². The molecule has 2 aromatic rings. The number of aromatic nitrogens is 2. The quantitative estimate of drug-likeness (QED) is 0.624. The highest BCUT2D eigenvalue weighted by atomic mass is 19.4. The van der Waals surface area contributed by atoms with Gasteiger partial charge in [0.05, 0.1) is 12.5 Å². The molecule has 0 N–H and O–H groups in total. The summed E-state index contributed by atoms with van der Waals surface area (Å²) in [5.74, 6) is -0.443. The van der Waals surface area contributed by atoms with Crippen LogP contribution in [0, 0.1) is 5.92 Å². The van der Waals surface area contributed by atoms with Crippen LogP contribution in [0.25, 0.3) is 0 Å². The molecule has 0 amide bonds. The zero-order valence-corrected chi connectivity index (χ0v) is 17.9. The number of nitrogens with zero attached hydrogens (tertiary/aromatic N) is 2. The molecular weight excluding hydrogens is 409 g/mol. The standard InChI is InChI=1S/C23H27F3N2O3/c1-22(2,3)31-21(30)19(16-6-4-5-7-16)17-10-8-15(9-11-17)14-28-20(29)18(12-13-27-28)23(24,25)26/h8-13,16,19H,4-7,14H2,1-3H3. The summed E-state index contributed by atoms with van der Waals surface area (Å²) in [4.78, 5) is 25.0. The van der Waals surface area contributed by atoms with Crippen molar-refractivity contribution in [1.29, 1.82) is 0 Å². The van der Waals surface area contributed by atoms with Gasteiger partial charge in [-0.15, -0.1) is 0 Å². The number of esters is 1. The smallest absolute Gasteiger partial charge is 0.421 e. The molecule has 0 radical (unpaired) electrons. The number of hydrogen-bond donors (Lipinski definition) is 0. The van der Waals surface area contributed by atoms with E-state index in [1.165, 1.54) is 0 Å². The van der Waals surface area contributed by atoms with Gasteiger partial charge in [-0.25, -0.2) is 4.68 Å². The van der Waals surface area contributed by atoms with Crippen molar-refractivity contribution < 1.29 is 22.7 Å². The van der Waals surface area contributed by atoms with Gasteiger partial charge in [-0.05, 0) is 56.7 Å². The van der Waals surface area contributed by atoms with Gasteiger partial charge in [-0.2, -0.15) is 18.3 Å². The fourth-order valence-corrected chi connectivity index (χ4v) is 4.04. The number of carbonyl (C=O) groups is 1. The Morgan fingerprint density at radius 2 is 1.74 bits per heavy atom. The van der Waals surface area contributed by atoms with E-state index in [1.54, 1.807) is 24.3 Å². The van der Waals surface area contributed by atoms with Crippen molar-refractivity contribution >= 4 is 5.97 Å². The molecule has 1 aromatic heterocycles. The lowest BCUT2D eigenvalue weighted by molar-refractivity contribution is -0.158. The lowest BCUT2D eigenvalue weighted by Gasteiger charge is -2.27.